The molecule has 0 aliphatic carbocycles. The highest BCUT2D eigenvalue weighted by molar-refractivity contribution is 9.10. The largest absolute Gasteiger partial charge is 0.494 e. The zero-order chi connectivity index (χ0) is 13.2. The Labute approximate surface area is 119 Å². The first-order valence-electron chi connectivity index (χ1n) is 6.83. The molecule has 1 N–H and O–H groups in total. The van der Waals surface area contributed by atoms with Gasteiger partial charge in [0.1, 0.15) is 5.75 Å². The van der Waals surface area contributed by atoms with Crippen LogP contribution in [0, 0.1) is 0 Å². The fourth-order valence-corrected chi connectivity index (χ4v) is 2.25. The summed E-state index contributed by atoms with van der Waals surface area (Å²) in [4.78, 5) is 0. The van der Waals surface area contributed by atoms with E-state index in [1.54, 1.807) is 0 Å². The number of rotatable bonds is 9. The molecule has 102 valence electrons. The maximum atomic E-state index is 5.78. The number of ether oxygens (including phenoxy) is 1. The Hall–Kier alpha value is -0.540. The molecule has 0 atom stereocenters. The van der Waals surface area contributed by atoms with Gasteiger partial charge in [-0.05, 0) is 37.2 Å². The van der Waals surface area contributed by atoms with E-state index in [9.17, 15) is 0 Å². The second-order valence-corrected chi connectivity index (χ2v) is 5.40. The van der Waals surface area contributed by atoms with Crippen molar-refractivity contribution in [2.75, 3.05) is 13.7 Å². The quantitative estimate of drug-likeness (QED) is 0.677. The molecule has 0 fully saturated rings. The molecule has 2 nitrogen and oxygen atoms in total. The maximum absolute atomic E-state index is 5.78. The molecule has 0 amide bonds. The lowest BCUT2D eigenvalue weighted by Gasteiger charge is -2.09. The number of hydrogen-bond donors (Lipinski definition) is 1. The zero-order valence-corrected chi connectivity index (χ0v) is 13.1. The Kier molecular flexibility index (Phi) is 8.10. The summed E-state index contributed by atoms with van der Waals surface area (Å²) < 4.78 is 6.91. The topological polar surface area (TPSA) is 21.3 Å². The number of halogens is 1. The minimum Gasteiger partial charge on any atom is -0.494 e. The van der Waals surface area contributed by atoms with Crippen LogP contribution in [0.4, 0.5) is 0 Å². The van der Waals surface area contributed by atoms with Crippen molar-refractivity contribution in [2.45, 2.75) is 45.6 Å². The number of unbranched alkanes of at least 4 members (excludes halogenated alkanes) is 4. The lowest BCUT2D eigenvalue weighted by Crippen LogP contribution is -2.06. The summed E-state index contributed by atoms with van der Waals surface area (Å²) in [5.41, 5.74) is 1.24. The predicted molar refractivity (Wildman–Crippen MR) is 81.2 cm³/mol. The lowest BCUT2D eigenvalue weighted by atomic mass is 10.2. The molecule has 1 rings (SSSR count). The summed E-state index contributed by atoms with van der Waals surface area (Å²) in [7, 11) is 1.95. The van der Waals surface area contributed by atoms with Gasteiger partial charge in [-0.15, -0.1) is 0 Å². The van der Waals surface area contributed by atoms with Gasteiger partial charge in [-0.3, -0.25) is 0 Å². The zero-order valence-electron chi connectivity index (χ0n) is 11.5. The summed E-state index contributed by atoms with van der Waals surface area (Å²) >= 11 is 3.55. The molecule has 0 bridgehead atoms. The van der Waals surface area contributed by atoms with Gasteiger partial charge in [-0.2, -0.15) is 0 Å². The highest BCUT2D eigenvalue weighted by atomic mass is 79.9. The van der Waals surface area contributed by atoms with Gasteiger partial charge in [0.25, 0.3) is 0 Å². The van der Waals surface area contributed by atoms with Gasteiger partial charge < -0.3 is 10.1 Å². The average molecular weight is 314 g/mol. The summed E-state index contributed by atoms with van der Waals surface area (Å²) in [6, 6.07) is 6.18. The van der Waals surface area contributed by atoms with Crippen molar-refractivity contribution in [3.8, 4) is 5.75 Å². The van der Waals surface area contributed by atoms with Crippen molar-refractivity contribution in [3.63, 3.8) is 0 Å². The molecule has 18 heavy (non-hydrogen) atoms. The van der Waals surface area contributed by atoms with Crippen molar-refractivity contribution in [3.05, 3.63) is 28.2 Å². The highest BCUT2D eigenvalue weighted by Crippen LogP contribution is 2.22. The van der Waals surface area contributed by atoms with E-state index in [4.69, 9.17) is 4.74 Å². The molecule has 0 aliphatic heterocycles. The molecule has 3 heteroatoms. The molecule has 0 spiro atoms. The first-order chi connectivity index (χ1) is 8.77. The monoisotopic (exact) mass is 313 g/mol. The molecule has 0 heterocycles. The van der Waals surface area contributed by atoms with E-state index in [1.165, 1.54) is 31.2 Å². The summed E-state index contributed by atoms with van der Waals surface area (Å²) in [6.45, 7) is 3.92. The van der Waals surface area contributed by atoms with Crippen LogP contribution in [-0.4, -0.2) is 13.7 Å². The number of hydrogen-bond acceptors (Lipinski definition) is 2. The average Bonchev–Trinajstić information content (AvgIpc) is 2.37. The number of benzene rings is 1. The van der Waals surface area contributed by atoms with E-state index in [0.29, 0.717) is 0 Å². The Bertz CT molecular complexity index is 341. The second kappa shape index (κ2) is 9.40. The molecule has 0 aliphatic rings. The molecule has 1 aromatic rings. The second-order valence-electron chi connectivity index (χ2n) is 4.55. The van der Waals surface area contributed by atoms with Crippen LogP contribution in [0.25, 0.3) is 0 Å². The third-order valence-corrected chi connectivity index (χ3v) is 3.67. The first-order valence-corrected chi connectivity index (χ1v) is 7.63. The van der Waals surface area contributed by atoms with Crippen molar-refractivity contribution in [2.24, 2.45) is 0 Å². The molecular formula is C15H24BrNO. The highest BCUT2D eigenvalue weighted by Gasteiger charge is 2.01. The van der Waals surface area contributed by atoms with Crippen molar-refractivity contribution >= 4 is 15.9 Å². The molecule has 0 saturated heterocycles. The van der Waals surface area contributed by atoms with E-state index in [0.717, 1.165) is 29.8 Å². The minimum atomic E-state index is 0.824. The fourth-order valence-electron chi connectivity index (χ4n) is 1.86. The van der Waals surface area contributed by atoms with Crippen molar-refractivity contribution < 1.29 is 4.74 Å². The van der Waals surface area contributed by atoms with E-state index in [-0.39, 0.29) is 0 Å². The molecule has 0 radical (unpaired) electrons. The van der Waals surface area contributed by atoms with Crippen LogP contribution in [0.3, 0.4) is 0 Å². The van der Waals surface area contributed by atoms with Gasteiger partial charge in [0.15, 0.2) is 0 Å². The van der Waals surface area contributed by atoms with E-state index >= 15 is 0 Å². The van der Waals surface area contributed by atoms with Crippen LogP contribution < -0.4 is 10.1 Å². The van der Waals surface area contributed by atoms with Crippen LogP contribution in [-0.2, 0) is 6.54 Å². The molecule has 0 saturated carbocycles. The normalized spacial score (nSPS) is 10.6. The number of nitrogens with one attached hydrogen (secondary N) is 1. The van der Waals surface area contributed by atoms with Gasteiger partial charge in [0.2, 0.25) is 0 Å². The Morgan fingerprint density at radius 2 is 1.94 bits per heavy atom. The summed E-state index contributed by atoms with van der Waals surface area (Å²) in [5, 5.41) is 3.16. The van der Waals surface area contributed by atoms with Gasteiger partial charge in [0, 0.05) is 11.0 Å². The van der Waals surface area contributed by atoms with Crippen LogP contribution >= 0.6 is 15.9 Å². The van der Waals surface area contributed by atoms with Gasteiger partial charge in [-0.1, -0.05) is 48.5 Å². The van der Waals surface area contributed by atoms with Crippen molar-refractivity contribution in [1.29, 1.82) is 0 Å². The minimum absolute atomic E-state index is 0.824. The molecule has 0 unspecified atom stereocenters. The van der Waals surface area contributed by atoms with Crippen LogP contribution in [0.15, 0.2) is 22.7 Å². The molecule has 1 aromatic carbocycles. The van der Waals surface area contributed by atoms with E-state index in [1.807, 2.05) is 13.1 Å². The third kappa shape index (κ3) is 5.87. The van der Waals surface area contributed by atoms with Crippen LogP contribution in [0.2, 0.25) is 0 Å². The molecule has 0 aromatic heterocycles. The Morgan fingerprint density at radius 1 is 1.17 bits per heavy atom. The van der Waals surface area contributed by atoms with Gasteiger partial charge >= 0.3 is 0 Å². The smallest absolute Gasteiger partial charge is 0.119 e. The fraction of sp³-hybridized carbons (Fsp3) is 0.600. The third-order valence-electron chi connectivity index (χ3n) is 2.90. The summed E-state index contributed by atoms with van der Waals surface area (Å²) in [6.07, 6.45) is 6.38. The standard InChI is InChI=1S/C15H24BrNO/c1-3-4-5-6-7-10-18-14-8-9-15(16)13(11-14)12-17-2/h8-9,11,17H,3-7,10,12H2,1-2H3. The molecular weight excluding hydrogens is 290 g/mol. The summed E-state index contributed by atoms with van der Waals surface area (Å²) in [5.74, 6) is 0.971. The van der Waals surface area contributed by atoms with Crippen molar-refractivity contribution in [1.82, 2.24) is 5.32 Å². The first kappa shape index (κ1) is 15.5. The predicted octanol–water partition coefficient (Wildman–Crippen LogP) is 4.52. The van der Waals surface area contributed by atoms with E-state index < -0.39 is 0 Å². The Balaban J connectivity index is 2.31. The van der Waals surface area contributed by atoms with Crippen LogP contribution in [0.1, 0.15) is 44.6 Å². The SMILES string of the molecule is CCCCCCCOc1ccc(Br)c(CNC)c1. The van der Waals surface area contributed by atoms with Gasteiger partial charge in [0.05, 0.1) is 6.61 Å². The van der Waals surface area contributed by atoms with Crippen LogP contribution in [0.5, 0.6) is 5.75 Å². The Morgan fingerprint density at radius 3 is 2.67 bits per heavy atom. The lowest BCUT2D eigenvalue weighted by molar-refractivity contribution is 0.304. The van der Waals surface area contributed by atoms with E-state index in [2.05, 4.69) is 40.3 Å². The van der Waals surface area contributed by atoms with Gasteiger partial charge in [-0.25, -0.2) is 0 Å². The maximum Gasteiger partial charge on any atom is 0.119 e.